The van der Waals surface area contributed by atoms with Gasteiger partial charge in [-0.25, -0.2) is 4.79 Å². The molecule has 1 aliphatic rings. The summed E-state index contributed by atoms with van der Waals surface area (Å²) in [5, 5.41) is 2.99. The van der Waals surface area contributed by atoms with Crippen LogP contribution in [-0.2, 0) is 17.8 Å². The lowest BCUT2D eigenvalue weighted by Crippen LogP contribution is -2.31. The first kappa shape index (κ1) is 15.1. The molecule has 0 bridgehead atoms. The van der Waals surface area contributed by atoms with Crippen LogP contribution in [0.25, 0.3) is 0 Å². The molecule has 0 unspecified atom stereocenters. The van der Waals surface area contributed by atoms with E-state index in [0.29, 0.717) is 6.61 Å². The van der Waals surface area contributed by atoms with Crippen LogP contribution in [0, 0.1) is 0 Å². The summed E-state index contributed by atoms with van der Waals surface area (Å²) >= 11 is 3.50. The number of alkyl carbamates (subject to hydrolysis) is 1. The zero-order chi connectivity index (χ0) is 15.4. The van der Waals surface area contributed by atoms with Crippen molar-refractivity contribution in [1.29, 1.82) is 0 Å². The summed E-state index contributed by atoms with van der Waals surface area (Å²) in [5.41, 5.74) is 3.49. The van der Waals surface area contributed by atoms with Crippen LogP contribution in [-0.4, -0.2) is 6.09 Å². The Morgan fingerprint density at radius 2 is 2.05 bits per heavy atom. The lowest BCUT2D eigenvalue weighted by atomic mass is 9.88. The molecule has 0 saturated heterocycles. The average molecular weight is 360 g/mol. The monoisotopic (exact) mass is 359 g/mol. The number of rotatable bonds is 3. The van der Waals surface area contributed by atoms with Gasteiger partial charge in [0.25, 0.3) is 0 Å². The molecule has 0 heterocycles. The number of carbonyl (C=O) groups excluding carboxylic acids is 1. The first-order valence-electron chi connectivity index (χ1n) is 7.48. The summed E-state index contributed by atoms with van der Waals surface area (Å²) in [6.07, 6.45) is 2.74. The lowest BCUT2D eigenvalue weighted by molar-refractivity contribution is 0.134. The van der Waals surface area contributed by atoms with Crippen molar-refractivity contribution < 1.29 is 9.53 Å². The molecule has 4 heteroatoms. The number of nitrogens with one attached hydrogen (secondary N) is 1. The molecular weight excluding hydrogens is 342 g/mol. The largest absolute Gasteiger partial charge is 0.445 e. The topological polar surface area (TPSA) is 38.3 Å². The van der Waals surface area contributed by atoms with Crippen molar-refractivity contribution in [2.24, 2.45) is 0 Å². The number of halogens is 1. The van der Waals surface area contributed by atoms with Gasteiger partial charge in [0, 0.05) is 4.47 Å². The number of amides is 1. The van der Waals surface area contributed by atoms with Crippen LogP contribution in [0.3, 0.4) is 0 Å². The maximum atomic E-state index is 12.0. The van der Waals surface area contributed by atoms with Crippen LogP contribution in [0.5, 0.6) is 0 Å². The van der Waals surface area contributed by atoms with Gasteiger partial charge in [-0.1, -0.05) is 52.3 Å². The molecule has 1 N–H and O–H groups in total. The molecule has 3 rings (SSSR count). The van der Waals surface area contributed by atoms with E-state index in [-0.39, 0.29) is 12.1 Å². The number of carbonyl (C=O) groups is 1. The second-order valence-corrected chi connectivity index (χ2v) is 6.41. The van der Waals surface area contributed by atoms with Crippen LogP contribution in [0.2, 0.25) is 0 Å². The highest BCUT2D eigenvalue weighted by atomic mass is 79.9. The number of fused-ring (bicyclic) bond motifs is 1. The molecule has 0 aromatic heterocycles. The molecule has 0 saturated carbocycles. The van der Waals surface area contributed by atoms with Crippen LogP contribution in [0.1, 0.15) is 35.6 Å². The number of benzene rings is 2. The van der Waals surface area contributed by atoms with E-state index in [0.717, 1.165) is 29.3 Å². The highest BCUT2D eigenvalue weighted by Crippen LogP contribution is 2.31. The van der Waals surface area contributed by atoms with Gasteiger partial charge < -0.3 is 10.1 Å². The second-order valence-electron chi connectivity index (χ2n) is 5.49. The van der Waals surface area contributed by atoms with E-state index in [1.165, 1.54) is 11.1 Å². The summed E-state index contributed by atoms with van der Waals surface area (Å²) in [5.74, 6) is 0. The molecule has 2 aromatic rings. The molecule has 2 aromatic carbocycles. The van der Waals surface area contributed by atoms with Gasteiger partial charge in [-0.15, -0.1) is 0 Å². The van der Waals surface area contributed by atoms with Gasteiger partial charge in [0.15, 0.2) is 0 Å². The first-order chi connectivity index (χ1) is 10.7. The minimum atomic E-state index is -0.360. The van der Waals surface area contributed by atoms with E-state index in [1.807, 2.05) is 30.3 Å². The third-order valence-corrected chi connectivity index (χ3v) is 4.42. The van der Waals surface area contributed by atoms with Gasteiger partial charge in [-0.3, -0.25) is 0 Å². The Labute approximate surface area is 138 Å². The summed E-state index contributed by atoms with van der Waals surface area (Å²) < 4.78 is 6.35. The van der Waals surface area contributed by atoms with E-state index in [2.05, 4.69) is 39.4 Å². The summed E-state index contributed by atoms with van der Waals surface area (Å²) in [4.78, 5) is 12.0. The molecule has 0 radical (unpaired) electrons. The van der Waals surface area contributed by atoms with E-state index < -0.39 is 0 Å². The zero-order valence-electron chi connectivity index (χ0n) is 12.2. The normalized spacial score (nSPS) is 16.7. The van der Waals surface area contributed by atoms with Crippen LogP contribution in [0.15, 0.2) is 53.0 Å². The van der Waals surface area contributed by atoms with Gasteiger partial charge in [0.1, 0.15) is 6.61 Å². The quantitative estimate of drug-likeness (QED) is 0.858. The van der Waals surface area contributed by atoms with E-state index in [4.69, 9.17) is 4.74 Å². The molecule has 1 amide bonds. The predicted octanol–water partition coefficient (Wildman–Crippen LogP) is 4.75. The Bertz CT molecular complexity index is 657. The summed E-state index contributed by atoms with van der Waals surface area (Å²) in [6, 6.07) is 16.0. The van der Waals surface area contributed by atoms with Crippen molar-refractivity contribution in [3.05, 3.63) is 69.7 Å². The van der Waals surface area contributed by atoms with Crippen LogP contribution < -0.4 is 5.32 Å². The maximum Gasteiger partial charge on any atom is 0.407 e. The van der Waals surface area contributed by atoms with Gasteiger partial charge >= 0.3 is 6.09 Å². The fraction of sp³-hybridized carbons (Fsp3) is 0.278. The SMILES string of the molecule is O=C(N[C@@H]1CCCc2ccc(Br)cc21)OCc1ccccc1. The number of hydrogen-bond donors (Lipinski definition) is 1. The van der Waals surface area contributed by atoms with Gasteiger partial charge in [-0.2, -0.15) is 0 Å². The van der Waals surface area contributed by atoms with E-state index in [1.54, 1.807) is 0 Å². The number of hydrogen-bond acceptors (Lipinski definition) is 2. The Hall–Kier alpha value is -1.81. The lowest BCUT2D eigenvalue weighted by Gasteiger charge is -2.26. The standard InChI is InChI=1S/C18H18BrNO2/c19-15-10-9-14-7-4-8-17(16(14)11-15)20-18(21)22-12-13-5-2-1-3-6-13/h1-3,5-6,9-11,17H,4,7-8,12H2,(H,20,21)/t17-/m1/s1. The second kappa shape index (κ2) is 6.97. The number of ether oxygens (including phenoxy) is 1. The van der Waals surface area contributed by atoms with E-state index >= 15 is 0 Å². The molecule has 1 atom stereocenters. The highest BCUT2D eigenvalue weighted by molar-refractivity contribution is 9.10. The molecular formula is C18H18BrNO2. The van der Waals surface area contributed by atoms with E-state index in [9.17, 15) is 4.79 Å². The Morgan fingerprint density at radius 3 is 2.86 bits per heavy atom. The molecule has 1 aliphatic carbocycles. The molecule has 114 valence electrons. The Balaban J connectivity index is 1.62. The number of aryl methyl sites for hydroxylation is 1. The van der Waals surface area contributed by atoms with Crippen molar-refractivity contribution in [3.8, 4) is 0 Å². The maximum absolute atomic E-state index is 12.0. The van der Waals surface area contributed by atoms with Crippen molar-refractivity contribution in [2.75, 3.05) is 0 Å². The minimum Gasteiger partial charge on any atom is -0.445 e. The zero-order valence-corrected chi connectivity index (χ0v) is 13.8. The van der Waals surface area contributed by atoms with Crippen molar-refractivity contribution in [2.45, 2.75) is 31.9 Å². The third kappa shape index (κ3) is 3.69. The Kier molecular flexibility index (Phi) is 4.78. The fourth-order valence-corrected chi connectivity index (χ4v) is 3.21. The van der Waals surface area contributed by atoms with Gasteiger partial charge in [0.2, 0.25) is 0 Å². The average Bonchev–Trinajstić information content (AvgIpc) is 2.54. The van der Waals surface area contributed by atoms with Crippen molar-refractivity contribution in [3.63, 3.8) is 0 Å². The van der Waals surface area contributed by atoms with Crippen LogP contribution in [0.4, 0.5) is 4.79 Å². The minimum absolute atomic E-state index is 0.0320. The summed E-state index contributed by atoms with van der Waals surface area (Å²) in [6.45, 7) is 0.296. The molecule has 3 nitrogen and oxygen atoms in total. The fourth-order valence-electron chi connectivity index (χ4n) is 2.83. The highest BCUT2D eigenvalue weighted by Gasteiger charge is 2.22. The predicted molar refractivity (Wildman–Crippen MR) is 89.6 cm³/mol. The van der Waals surface area contributed by atoms with Crippen molar-refractivity contribution in [1.82, 2.24) is 5.32 Å². The smallest absolute Gasteiger partial charge is 0.407 e. The molecule has 0 fully saturated rings. The van der Waals surface area contributed by atoms with Crippen LogP contribution >= 0.6 is 15.9 Å². The van der Waals surface area contributed by atoms with Gasteiger partial charge in [0.05, 0.1) is 6.04 Å². The molecule has 0 aliphatic heterocycles. The third-order valence-electron chi connectivity index (χ3n) is 3.93. The molecule has 0 spiro atoms. The Morgan fingerprint density at radius 1 is 1.23 bits per heavy atom. The first-order valence-corrected chi connectivity index (χ1v) is 8.27. The van der Waals surface area contributed by atoms with Gasteiger partial charge in [-0.05, 0) is 48.1 Å². The van der Waals surface area contributed by atoms with Crippen molar-refractivity contribution >= 4 is 22.0 Å². The summed E-state index contributed by atoms with van der Waals surface area (Å²) in [7, 11) is 0. The molecule has 22 heavy (non-hydrogen) atoms.